The number of fused-ring (bicyclic) bond motifs is 1. The van der Waals surface area contributed by atoms with Crippen molar-refractivity contribution >= 4 is 33.0 Å². The van der Waals surface area contributed by atoms with E-state index in [0.29, 0.717) is 16.7 Å². The summed E-state index contributed by atoms with van der Waals surface area (Å²) in [6, 6.07) is 15.6. The van der Waals surface area contributed by atoms with E-state index in [2.05, 4.69) is 52.4 Å². The summed E-state index contributed by atoms with van der Waals surface area (Å²) in [7, 11) is 1.66. The lowest BCUT2D eigenvalue weighted by molar-refractivity contribution is 0.414. The standard InChI is InChI=1S/C26H27BrN4O2/c1-6-16(2)25-29-24-11-10-20(27)13-23(24)26(32)31(25)28-15-19-12-17(3)30(18(19)4)21-8-7-9-22(14-21)33-5/h7-16H,6H2,1-5H3/t16-/m0/s1. The van der Waals surface area contributed by atoms with Crippen LogP contribution in [0, 0.1) is 13.8 Å². The van der Waals surface area contributed by atoms with Gasteiger partial charge in [0.15, 0.2) is 0 Å². The van der Waals surface area contributed by atoms with Crippen molar-refractivity contribution in [3.8, 4) is 11.4 Å². The van der Waals surface area contributed by atoms with Gasteiger partial charge in [0.1, 0.15) is 11.6 Å². The molecule has 0 amide bonds. The van der Waals surface area contributed by atoms with Gasteiger partial charge in [0.2, 0.25) is 0 Å². The van der Waals surface area contributed by atoms with E-state index in [1.54, 1.807) is 19.4 Å². The molecule has 0 bridgehead atoms. The lowest BCUT2D eigenvalue weighted by Gasteiger charge is -2.14. The lowest BCUT2D eigenvalue weighted by atomic mass is 10.1. The van der Waals surface area contributed by atoms with E-state index in [-0.39, 0.29) is 11.5 Å². The summed E-state index contributed by atoms with van der Waals surface area (Å²) < 4.78 is 9.81. The molecule has 2 aromatic heterocycles. The average Bonchev–Trinajstić information content (AvgIpc) is 3.10. The molecule has 0 unspecified atom stereocenters. The van der Waals surface area contributed by atoms with Gasteiger partial charge in [-0.15, -0.1) is 0 Å². The molecule has 0 saturated heterocycles. The first-order valence-corrected chi connectivity index (χ1v) is 11.7. The van der Waals surface area contributed by atoms with E-state index in [4.69, 9.17) is 9.72 Å². The normalized spacial score (nSPS) is 12.5. The quantitative estimate of drug-likeness (QED) is 0.302. The van der Waals surface area contributed by atoms with Crippen LogP contribution in [0.4, 0.5) is 0 Å². The monoisotopic (exact) mass is 506 g/mol. The maximum Gasteiger partial charge on any atom is 0.282 e. The highest BCUT2D eigenvalue weighted by Gasteiger charge is 2.16. The predicted octanol–water partition coefficient (Wildman–Crippen LogP) is 5.97. The highest BCUT2D eigenvalue weighted by atomic mass is 79.9. The minimum atomic E-state index is -0.172. The molecule has 7 heteroatoms. The minimum absolute atomic E-state index is 0.0899. The van der Waals surface area contributed by atoms with Gasteiger partial charge in [-0.2, -0.15) is 9.78 Å². The maximum atomic E-state index is 13.4. The van der Waals surface area contributed by atoms with Crippen molar-refractivity contribution in [3.05, 3.63) is 86.1 Å². The van der Waals surface area contributed by atoms with Crippen LogP contribution in [0.2, 0.25) is 0 Å². The number of aromatic nitrogens is 3. The highest BCUT2D eigenvalue weighted by Crippen LogP contribution is 2.24. The van der Waals surface area contributed by atoms with Crippen LogP contribution in [-0.4, -0.2) is 27.6 Å². The zero-order valence-corrected chi connectivity index (χ0v) is 21.0. The third-order valence-electron chi connectivity index (χ3n) is 5.98. The third kappa shape index (κ3) is 4.37. The Morgan fingerprint density at radius 1 is 1.18 bits per heavy atom. The number of benzene rings is 2. The van der Waals surface area contributed by atoms with Gasteiger partial charge in [0, 0.05) is 39.1 Å². The van der Waals surface area contributed by atoms with Gasteiger partial charge >= 0.3 is 0 Å². The number of aryl methyl sites for hydroxylation is 1. The molecule has 0 aliphatic carbocycles. The first kappa shape index (κ1) is 23.0. The Hall–Kier alpha value is -3.19. The van der Waals surface area contributed by atoms with Crippen LogP contribution in [0.25, 0.3) is 16.6 Å². The summed E-state index contributed by atoms with van der Waals surface area (Å²) in [5.41, 5.74) is 4.55. The number of rotatable bonds is 6. The van der Waals surface area contributed by atoms with E-state index in [1.165, 1.54) is 4.68 Å². The summed E-state index contributed by atoms with van der Waals surface area (Å²) in [6.45, 7) is 8.24. The fourth-order valence-corrected chi connectivity index (χ4v) is 4.33. The molecular formula is C26H27BrN4O2. The molecule has 0 aliphatic rings. The smallest absolute Gasteiger partial charge is 0.282 e. The molecule has 1 atom stereocenters. The first-order chi connectivity index (χ1) is 15.8. The Balaban J connectivity index is 1.83. The number of hydrogen-bond acceptors (Lipinski definition) is 4. The van der Waals surface area contributed by atoms with Crippen LogP contribution in [0.15, 0.2) is 62.9 Å². The zero-order valence-electron chi connectivity index (χ0n) is 19.5. The summed E-state index contributed by atoms with van der Waals surface area (Å²) in [5, 5.41) is 5.17. The van der Waals surface area contributed by atoms with Gasteiger partial charge in [-0.1, -0.05) is 35.8 Å². The van der Waals surface area contributed by atoms with Crippen molar-refractivity contribution in [2.45, 2.75) is 40.0 Å². The Morgan fingerprint density at radius 3 is 2.70 bits per heavy atom. The van der Waals surface area contributed by atoms with E-state index in [0.717, 1.165) is 39.3 Å². The van der Waals surface area contributed by atoms with Crippen molar-refractivity contribution in [2.24, 2.45) is 5.10 Å². The van der Waals surface area contributed by atoms with E-state index in [1.807, 2.05) is 43.3 Å². The third-order valence-corrected chi connectivity index (χ3v) is 6.47. The molecule has 0 N–H and O–H groups in total. The Labute approximate surface area is 201 Å². The fraction of sp³-hybridized carbons (Fsp3) is 0.269. The molecule has 0 radical (unpaired) electrons. The molecule has 0 saturated carbocycles. The Morgan fingerprint density at radius 2 is 1.97 bits per heavy atom. The number of hydrogen-bond donors (Lipinski definition) is 0. The molecule has 33 heavy (non-hydrogen) atoms. The molecule has 2 heterocycles. The van der Waals surface area contributed by atoms with Crippen LogP contribution in [0.1, 0.15) is 49.0 Å². The zero-order chi connectivity index (χ0) is 23.7. The van der Waals surface area contributed by atoms with Gasteiger partial charge in [0.05, 0.1) is 24.2 Å². The fourth-order valence-electron chi connectivity index (χ4n) is 3.96. The second-order valence-electron chi connectivity index (χ2n) is 8.17. The Bertz CT molecular complexity index is 1420. The highest BCUT2D eigenvalue weighted by molar-refractivity contribution is 9.10. The number of nitrogens with zero attached hydrogens (tertiary/aromatic N) is 4. The largest absolute Gasteiger partial charge is 0.497 e. The van der Waals surface area contributed by atoms with Crippen LogP contribution >= 0.6 is 15.9 Å². The number of ether oxygens (including phenoxy) is 1. The Kier molecular flexibility index (Phi) is 6.51. The van der Waals surface area contributed by atoms with Crippen LogP contribution < -0.4 is 10.3 Å². The SMILES string of the molecule is CC[C@H](C)c1nc2ccc(Br)cc2c(=O)n1N=Cc1cc(C)n(-c2cccc(OC)c2)c1C. The van der Waals surface area contributed by atoms with Gasteiger partial charge in [-0.05, 0) is 56.7 Å². The summed E-state index contributed by atoms with van der Waals surface area (Å²) in [4.78, 5) is 18.1. The van der Waals surface area contributed by atoms with E-state index in [9.17, 15) is 4.79 Å². The molecule has 0 fully saturated rings. The average molecular weight is 507 g/mol. The van der Waals surface area contributed by atoms with E-state index < -0.39 is 0 Å². The predicted molar refractivity (Wildman–Crippen MR) is 137 cm³/mol. The van der Waals surface area contributed by atoms with Crippen molar-refractivity contribution in [1.82, 2.24) is 14.2 Å². The van der Waals surface area contributed by atoms with Gasteiger partial charge in [-0.25, -0.2) is 4.98 Å². The summed E-state index contributed by atoms with van der Waals surface area (Å²) >= 11 is 3.45. The molecule has 170 valence electrons. The van der Waals surface area contributed by atoms with Crippen molar-refractivity contribution in [3.63, 3.8) is 0 Å². The van der Waals surface area contributed by atoms with Crippen LogP contribution in [0.3, 0.4) is 0 Å². The van der Waals surface area contributed by atoms with Gasteiger partial charge in [0.25, 0.3) is 5.56 Å². The molecule has 4 rings (SSSR count). The van der Waals surface area contributed by atoms with Gasteiger partial charge in [-0.3, -0.25) is 4.79 Å². The van der Waals surface area contributed by atoms with Crippen molar-refractivity contribution < 1.29 is 4.74 Å². The van der Waals surface area contributed by atoms with Crippen LogP contribution in [0.5, 0.6) is 5.75 Å². The first-order valence-electron chi connectivity index (χ1n) is 10.9. The lowest BCUT2D eigenvalue weighted by Crippen LogP contribution is -2.23. The maximum absolute atomic E-state index is 13.4. The van der Waals surface area contributed by atoms with Crippen molar-refractivity contribution in [1.29, 1.82) is 0 Å². The molecule has 0 spiro atoms. The minimum Gasteiger partial charge on any atom is -0.497 e. The molecule has 0 aliphatic heterocycles. The molecular weight excluding hydrogens is 480 g/mol. The second kappa shape index (κ2) is 9.35. The second-order valence-corrected chi connectivity index (χ2v) is 9.08. The topological polar surface area (TPSA) is 61.4 Å². The van der Waals surface area contributed by atoms with Gasteiger partial charge < -0.3 is 9.30 Å². The summed E-state index contributed by atoms with van der Waals surface area (Å²) in [6.07, 6.45) is 2.60. The number of methoxy groups -OCH3 is 1. The van der Waals surface area contributed by atoms with Crippen molar-refractivity contribution in [2.75, 3.05) is 7.11 Å². The van der Waals surface area contributed by atoms with E-state index >= 15 is 0 Å². The molecule has 6 nitrogen and oxygen atoms in total. The number of halogens is 1. The van der Waals surface area contributed by atoms with Crippen LogP contribution in [-0.2, 0) is 0 Å². The summed E-state index contributed by atoms with van der Waals surface area (Å²) in [5.74, 6) is 1.55. The molecule has 2 aromatic carbocycles. The molecule has 4 aromatic rings.